The fourth-order valence-electron chi connectivity index (χ4n) is 1.86. The molecule has 0 amide bonds. The fourth-order valence-corrected chi connectivity index (χ4v) is 15.6. The third kappa shape index (κ3) is 7.55. The van der Waals surface area contributed by atoms with E-state index in [1.54, 1.807) is 15.8 Å². The van der Waals surface area contributed by atoms with Crippen molar-refractivity contribution in [3.63, 3.8) is 0 Å². The van der Waals surface area contributed by atoms with Gasteiger partial charge in [0, 0.05) is 0 Å². The summed E-state index contributed by atoms with van der Waals surface area (Å²) >= 11 is 2.93. The quantitative estimate of drug-likeness (QED) is 0.357. The normalized spacial score (nSPS) is 12.0. The fraction of sp³-hybridized carbons (Fsp3) is 1.00. The molecule has 0 aromatic heterocycles. The summed E-state index contributed by atoms with van der Waals surface area (Å²) in [6.07, 6.45) is 8.68. The van der Waals surface area contributed by atoms with Gasteiger partial charge in [0.1, 0.15) is 0 Å². The average molecular weight is 371 g/mol. The molecule has 0 bridgehead atoms. The van der Waals surface area contributed by atoms with Gasteiger partial charge in [-0.3, -0.25) is 0 Å². The van der Waals surface area contributed by atoms with Gasteiger partial charge in [0.15, 0.2) is 0 Å². The minimum atomic E-state index is -1.36. The standard InChI is InChI=1S/C12H27GeI/c1-4-7-10-13(14,11-8-5-2)12-9-6-3/h4-12H2,1-3H3. The van der Waals surface area contributed by atoms with Gasteiger partial charge in [0.25, 0.3) is 0 Å². The molecule has 0 rings (SSSR count). The van der Waals surface area contributed by atoms with Gasteiger partial charge in [-0.1, -0.05) is 0 Å². The molecule has 0 saturated heterocycles. The molecule has 0 aliphatic heterocycles. The Hall–Kier alpha value is 1.27. The maximum absolute atomic E-state index is 2.93. The first-order valence-electron chi connectivity index (χ1n) is 6.37. The third-order valence-electron chi connectivity index (χ3n) is 2.94. The van der Waals surface area contributed by atoms with Gasteiger partial charge >= 0.3 is 105 Å². The van der Waals surface area contributed by atoms with Crippen molar-refractivity contribution in [2.24, 2.45) is 0 Å². The Bertz CT molecular complexity index is 104. The van der Waals surface area contributed by atoms with Crippen LogP contribution in [-0.2, 0) is 0 Å². The Labute approximate surface area is 105 Å². The van der Waals surface area contributed by atoms with Crippen LogP contribution in [-0.4, -0.2) is 9.96 Å². The van der Waals surface area contributed by atoms with Crippen molar-refractivity contribution in [2.75, 3.05) is 0 Å². The number of halogens is 1. The van der Waals surface area contributed by atoms with Gasteiger partial charge in [-0.15, -0.1) is 0 Å². The zero-order valence-corrected chi connectivity index (χ0v) is 14.5. The van der Waals surface area contributed by atoms with Crippen molar-refractivity contribution in [3.05, 3.63) is 0 Å². The van der Waals surface area contributed by atoms with E-state index in [0.717, 1.165) is 0 Å². The van der Waals surface area contributed by atoms with Crippen molar-refractivity contribution in [2.45, 2.75) is 75.1 Å². The molecule has 0 aliphatic rings. The number of hydrogen-bond donors (Lipinski definition) is 0. The van der Waals surface area contributed by atoms with Gasteiger partial charge < -0.3 is 0 Å². The third-order valence-corrected chi connectivity index (χ3v) is 19.2. The van der Waals surface area contributed by atoms with Gasteiger partial charge in [-0.2, -0.15) is 0 Å². The summed E-state index contributed by atoms with van der Waals surface area (Å²) in [5.74, 6) is 0. The van der Waals surface area contributed by atoms with E-state index in [9.17, 15) is 0 Å². The van der Waals surface area contributed by atoms with E-state index >= 15 is 0 Å². The zero-order valence-electron chi connectivity index (χ0n) is 10.2. The predicted octanol–water partition coefficient (Wildman–Crippen LogP) is 5.77. The van der Waals surface area contributed by atoms with E-state index in [-0.39, 0.29) is 0 Å². The van der Waals surface area contributed by atoms with Crippen LogP contribution >= 0.6 is 20.2 Å². The van der Waals surface area contributed by atoms with E-state index < -0.39 is 9.96 Å². The van der Waals surface area contributed by atoms with Crippen LogP contribution in [0.25, 0.3) is 0 Å². The second kappa shape index (κ2) is 9.50. The average Bonchev–Trinajstić information content (AvgIpc) is 2.21. The summed E-state index contributed by atoms with van der Waals surface area (Å²) in [4.78, 5) is 0. The minimum absolute atomic E-state index is 1.36. The maximum atomic E-state index is 2.93. The molecule has 0 aromatic carbocycles. The van der Waals surface area contributed by atoms with Gasteiger partial charge in [0.05, 0.1) is 0 Å². The molecule has 0 aliphatic carbocycles. The van der Waals surface area contributed by atoms with Crippen molar-refractivity contribution in [1.82, 2.24) is 0 Å². The molecule has 86 valence electrons. The van der Waals surface area contributed by atoms with Gasteiger partial charge in [0.2, 0.25) is 0 Å². The summed E-state index contributed by atoms with van der Waals surface area (Å²) in [6.45, 7) is 7.00. The van der Waals surface area contributed by atoms with Crippen molar-refractivity contribution >= 4 is 30.2 Å². The summed E-state index contributed by atoms with van der Waals surface area (Å²) in [7, 11) is -1.36. The van der Waals surface area contributed by atoms with E-state index in [2.05, 4.69) is 41.0 Å². The first-order valence-corrected chi connectivity index (χ1v) is 17.2. The van der Waals surface area contributed by atoms with Crippen LogP contribution < -0.4 is 0 Å². The number of hydrogen-bond acceptors (Lipinski definition) is 0. The van der Waals surface area contributed by atoms with E-state index in [4.69, 9.17) is 0 Å². The second-order valence-corrected chi connectivity index (χ2v) is 24.3. The van der Waals surface area contributed by atoms with Crippen molar-refractivity contribution in [1.29, 1.82) is 0 Å². The van der Waals surface area contributed by atoms with Crippen LogP contribution in [0.5, 0.6) is 0 Å². The van der Waals surface area contributed by atoms with E-state index in [0.29, 0.717) is 0 Å². The van der Waals surface area contributed by atoms with Crippen LogP contribution in [0.1, 0.15) is 59.3 Å². The Kier molecular flexibility index (Phi) is 10.4. The predicted molar refractivity (Wildman–Crippen MR) is 78.9 cm³/mol. The van der Waals surface area contributed by atoms with Crippen LogP contribution in [0.3, 0.4) is 0 Å². The molecule has 0 fully saturated rings. The van der Waals surface area contributed by atoms with E-state index in [1.165, 1.54) is 38.5 Å². The summed E-state index contributed by atoms with van der Waals surface area (Å²) < 4.78 is 0. The molecule has 0 nitrogen and oxygen atoms in total. The van der Waals surface area contributed by atoms with Crippen LogP contribution in [0, 0.1) is 0 Å². The molecule has 0 unspecified atom stereocenters. The zero-order chi connectivity index (χ0) is 10.9. The molecule has 0 saturated carbocycles. The van der Waals surface area contributed by atoms with Crippen LogP contribution in [0.4, 0.5) is 0 Å². The van der Waals surface area contributed by atoms with Crippen molar-refractivity contribution in [3.8, 4) is 0 Å². The first-order chi connectivity index (χ1) is 6.68. The molecule has 0 radical (unpaired) electrons. The molecule has 2 heteroatoms. The molecule has 0 N–H and O–H groups in total. The summed E-state index contributed by atoms with van der Waals surface area (Å²) in [5.41, 5.74) is 0. The SMILES string of the molecule is CCC[CH2][Ge]([I])([CH2]CCC)[CH2]CCC. The Balaban J connectivity index is 3.89. The first kappa shape index (κ1) is 15.3. The Morgan fingerprint density at radius 2 is 1.00 bits per heavy atom. The van der Waals surface area contributed by atoms with E-state index in [1.807, 2.05) is 0 Å². The van der Waals surface area contributed by atoms with Gasteiger partial charge in [-0.05, 0) is 0 Å². The molecule has 0 atom stereocenters. The molecule has 0 spiro atoms. The number of unbranched alkanes of at least 4 members (excludes halogenated alkanes) is 3. The van der Waals surface area contributed by atoms with Crippen LogP contribution in [0.15, 0.2) is 0 Å². The monoisotopic (exact) mass is 372 g/mol. The summed E-state index contributed by atoms with van der Waals surface area (Å²) in [6, 6.07) is 0. The molecular weight excluding hydrogens is 344 g/mol. The molecule has 14 heavy (non-hydrogen) atoms. The molecule has 0 heterocycles. The Morgan fingerprint density at radius 3 is 1.21 bits per heavy atom. The Morgan fingerprint density at radius 1 is 0.714 bits per heavy atom. The van der Waals surface area contributed by atoms with Crippen molar-refractivity contribution < 1.29 is 0 Å². The second-order valence-electron chi connectivity index (χ2n) is 4.46. The van der Waals surface area contributed by atoms with Gasteiger partial charge in [-0.25, -0.2) is 0 Å². The number of rotatable bonds is 9. The molecule has 0 aromatic rings. The topological polar surface area (TPSA) is 0 Å². The van der Waals surface area contributed by atoms with Crippen LogP contribution in [0.2, 0.25) is 15.8 Å². The molecular formula is C12H27GeI. The summed E-state index contributed by atoms with van der Waals surface area (Å²) in [5, 5.41) is 4.87.